The van der Waals surface area contributed by atoms with Crippen molar-refractivity contribution >= 4 is 21.7 Å². The van der Waals surface area contributed by atoms with Gasteiger partial charge in [-0.2, -0.15) is 0 Å². The van der Waals surface area contributed by atoms with Crippen LogP contribution in [0.4, 0.5) is 5.82 Å². The highest BCUT2D eigenvalue weighted by Gasteiger charge is 2.04. The molecule has 0 radical (unpaired) electrons. The van der Waals surface area contributed by atoms with E-state index in [2.05, 4.69) is 21.0 Å². The van der Waals surface area contributed by atoms with E-state index >= 15 is 0 Å². The average Bonchev–Trinajstić information content (AvgIpc) is 2.50. The maximum absolute atomic E-state index is 11.5. The molecular formula is C10H10BrN3O. The van der Waals surface area contributed by atoms with Crippen LogP contribution in [-0.4, -0.2) is 9.78 Å². The zero-order chi connectivity index (χ0) is 11.0. The third-order valence-corrected chi connectivity index (χ3v) is 3.01. The Balaban J connectivity index is 2.59. The molecular weight excluding hydrogens is 258 g/mol. The summed E-state index contributed by atoms with van der Waals surface area (Å²) in [6, 6.07) is 7.01. The molecule has 0 atom stereocenters. The van der Waals surface area contributed by atoms with Gasteiger partial charge in [0, 0.05) is 10.5 Å². The summed E-state index contributed by atoms with van der Waals surface area (Å²) >= 11 is 3.41. The Morgan fingerprint density at radius 3 is 2.67 bits per heavy atom. The third-order valence-electron chi connectivity index (χ3n) is 2.15. The number of nitrogens with two attached hydrogens (primary N) is 1. The lowest BCUT2D eigenvalue weighted by Crippen LogP contribution is -2.13. The van der Waals surface area contributed by atoms with E-state index in [-0.39, 0.29) is 5.56 Å². The van der Waals surface area contributed by atoms with Gasteiger partial charge in [-0.15, -0.1) is 0 Å². The zero-order valence-electron chi connectivity index (χ0n) is 8.12. The molecule has 4 nitrogen and oxygen atoms in total. The first-order valence-corrected chi connectivity index (χ1v) is 5.21. The van der Waals surface area contributed by atoms with Crippen LogP contribution in [0.15, 0.2) is 33.5 Å². The molecule has 0 bridgehead atoms. The number of aromatic amines is 1. The van der Waals surface area contributed by atoms with Crippen molar-refractivity contribution in [2.24, 2.45) is 0 Å². The Bertz CT molecular complexity index is 556. The van der Waals surface area contributed by atoms with E-state index in [1.165, 1.54) is 10.7 Å². The topological polar surface area (TPSA) is 63.8 Å². The van der Waals surface area contributed by atoms with Crippen molar-refractivity contribution < 1.29 is 0 Å². The minimum absolute atomic E-state index is 0.164. The van der Waals surface area contributed by atoms with E-state index in [1.54, 1.807) is 0 Å². The van der Waals surface area contributed by atoms with Gasteiger partial charge < -0.3 is 5.73 Å². The number of hydrogen-bond donors (Lipinski definition) is 2. The summed E-state index contributed by atoms with van der Waals surface area (Å²) < 4.78 is 2.36. The predicted octanol–water partition coefficient (Wildman–Crippen LogP) is 1.82. The number of H-pyrrole nitrogens is 1. The van der Waals surface area contributed by atoms with E-state index in [4.69, 9.17) is 5.73 Å². The fourth-order valence-corrected chi connectivity index (χ4v) is 1.69. The Labute approximate surface area is 94.8 Å². The van der Waals surface area contributed by atoms with Crippen LogP contribution in [0.3, 0.4) is 0 Å². The minimum atomic E-state index is -0.164. The molecule has 0 fully saturated rings. The summed E-state index contributed by atoms with van der Waals surface area (Å²) in [5.41, 5.74) is 7.21. The molecule has 15 heavy (non-hydrogen) atoms. The molecule has 0 unspecified atom stereocenters. The van der Waals surface area contributed by atoms with Crippen LogP contribution in [-0.2, 0) is 0 Å². The first-order chi connectivity index (χ1) is 7.08. The highest BCUT2D eigenvalue weighted by molar-refractivity contribution is 9.10. The molecule has 0 amide bonds. The van der Waals surface area contributed by atoms with Crippen LogP contribution < -0.4 is 11.3 Å². The molecule has 1 aromatic carbocycles. The average molecular weight is 268 g/mol. The Hall–Kier alpha value is -1.49. The largest absolute Gasteiger partial charge is 0.384 e. The molecule has 0 aliphatic rings. The molecule has 2 aromatic rings. The first kappa shape index (κ1) is 10.0. The summed E-state index contributed by atoms with van der Waals surface area (Å²) in [4.78, 5) is 11.5. The fraction of sp³-hybridized carbons (Fsp3) is 0.100. The molecule has 78 valence electrons. The second-order valence-corrected chi connectivity index (χ2v) is 4.17. The van der Waals surface area contributed by atoms with Crippen molar-refractivity contribution in [3.63, 3.8) is 0 Å². The van der Waals surface area contributed by atoms with Crippen LogP contribution in [0.5, 0.6) is 0 Å². The van der Waals surface area contributed by atoms with Crippen LogP contribution in [0.25, 0.3) is 5.69 Å². The number of aromatic nitrogens is 2. The molecule has 0 saturated heterocycles. The van der Waals surface area contributed by atoms with Crippen molar-refractivity contribution in [1.29, 1.82) is 0 Å². The van der Waals surface area contributed by atoms with Crippen molar-refractivity contribution in [2.45, 2.75) is 6.92 Å². The zero-order valence-corrected chi connectivity index (χ0v) is 9.71. The number of nitrogen functional groups attached to an aromatic ring is 1. The standard InChI is InChI=1S/C10H10BrN3O/c1-6-2-3-7(4-8(6)11)14-10(15)5-9(12)13-14/h2-5,13H,12H2,1H3. The Morgan fingerprint density at radius 1 is 1.40 bits per heavy atom. The van der Waals surface area contributed by atoms with Gasteiger partial charge >= 0.3 is 0 Å². The summed E-state index contributed by atoms with van der Waals surface area (Å²) in [5.74, 6) is 0.358. The molecule has 5 heteroatoms. The van der Waals surface area contributed by atoms with Gasteiger partial charge in [0.2, 0.25) is 0 Å². The number of anilines is 1. The lowest BCUT2D eigenvalue weighted by atomic mass is 10.2. The van der Waals surface area contributed by atoms with Crippen molar-refractivity contribution in [2.75, 3.05) is 5.73 Å². The molecule has 0 aliphatic carbocycles. The van der Waals surface area contributed by atoms with Gasteiger partial charge in [-0.1, -0.05) is 22.0 Å². The number of rotatable bonds is 1. The Kier molecular flexibility index (Phi) is 2.40. The molecule has 3 N–H and O–H groups in total. The third kappa shape index (κ3) is 1.83. The fourth-order valence-electron chi connectivity index (χ4n) is 1.33. The predicted molar refractivity (Wildman–Crippen MR) is 63.2 cm³/mol. The number of halogens is 1. The second-order valence-electron chi connectivity index (χ2n) is 3.32. The molecule has 0 aliphatic heterocycles. The van der Waals surface area contributed by atoms with Gasteiger partial charge in [0.1, 0.15) is 5.82 Å². The van der Waals surface area contributed by atoms with Crippen molar-refractivity contribution in [1.82, 2.24) is 9.78 Å². The minimum Gasteiger partial charge on any atom is -0.384 e. The number of aryl methyl sites for hydroxylation is 1. The maximum atomic E-state index is 11.5. The maximum Gasteiger partial charge on any atom is 0.273 e. The van der Waals surface area contributed by atoms with Crippen LogP contribution in [0.2, 0.25) is 0 Å². The summed E-state index contributed by atoms with van der Waals surface area (Å²) in [6.45, 7) is 1.99. The quantitative estimate of drug-likeness (QED) is 0.828. The van der Waals surface area contributed by atoms with Crippen LogP contribution in [0, 0.1) is 6.92 Å². The molecule has 1 heterocycles. The number of nitrogens with zero attached hydrogens (tertiary/aromatic N) is 1. The number of nitrogens with one attached hydrogen (secondary N) is 1. The van der Waals surface area contributed by atoms with Crippen LogP contribution >= 0.6 is 15.9 Å². The van der Waals surface area contributed by atoms with Crippen molar-refractivity contribution in [3.8, 4) is 5.69 Å². The number of benzene rings is 1. The monoisotopic (exact) mass is 267 g/mol. The van der Waals surface area contributed by atoms with E-state index < -0.39 is 0 Å². The SMILES string of the molecule is Cc1ccc(-n2[nH]c(N)cc2=O)cc1Br. The second kappa shape index (κ2) is 3.58. The number of hydrogen-bond acceptors (Lipinski definition) is 2. The van der Waals surface area contributed by atoms with E-state index in [9.17, 15) is 4.79 Å². The molecule has 0 saturated carbocycles. The molecule has 2 rings (SSSR count). The normalized spacial score (nSPS) is 10.5. The van der Waals surface area contributed by atoms with Gasteiger partial charge in [-0.25, -0.2) is 4.68 Å². The van der Waals surface area contributed by atoms with Gasteiger partial charge in [0.25, 0.3) is 5.56 Å². The van der Waals surface area contributed by atoms with Gasteiger partial charge in [0.15, 0.2) is 0 Å². The smallest absolute Gasteiger partial charge is 0.273 e. The summed E-state index contributed by atoms with van der Waals surface area (Å²) in [6.07, 6.45) is 0. The molecule has 1 aromatic heterocycles. The van der Waals surface area contributed by atoms with Crippen molar-refractivity contribution in [3.05, 3.63) is 44.7 Å². The van der Waals surface area contributed by atoms with E-state index in [0.717, 1.165) is 15.7 Å². The highest BCUT2D eigenvalue weighted by atomic mass is 79.9. The Morgan fingerprint density at radius 2 is 2.13 bits per heavy atom. The van der Waals surface area contributed by atoms with E-state index in [0.29, 0.717) is 5.82 Å². The summed E-state index contributed by atoms with van der Waals surface area (Å²) in [7, 11) is 0. The van der Waals surface area contributed by atoms with Gasteiger partial charge in [0.05, 0.1) is 5.69 Å². The van der Waals surface area contributed by atoms with Gasteiger partial charge in [-0.3, -0.25) is 9.89 Å². The summed E-state index contributed by atoms with van der Waals surface area (Å²) in [5, 5.41) is 2.77. The van der Waals surface area contributed by atoms with Gasteiger partial charge in [-0.05, 0) is 24.6 Å². The van der Waals surface area contributed by atoms with E-state index in [1.807, 2.05) is 25.1 Å². The highest BCUT2D eigenvalue weighted by Crippen LogP contribution is 2.18. The molecule has 0 spiro atoms. The first-order valence-electron chi connectivity index (χ1n) is 4.42. The lowest BCUT2D eigenvalue weighted by molar-refractivity contribution is 0.852. The lowest BCUT2D eigenvalue weighted by Gasteiger charge is -2.04. The van der Waals surface area contributed by atoms with Crippen LogP contribution in [0.1, 0.15) is 5.56 Å².